The molecule has 2 rings (SSSR count). The number of sulfonamides is 1. The molecule has 2 aromatic rings. The fourth-order valence-corrected chi connectivity index (χ4v) is 3.53. The lowest BCUT2D eigenvalue weighted by atomic mass is 10.0. The molecular formula is C17H21NO2S. The third-order valence-corrected chi connectivity index (χ3v) is 5.12. The lowest BCUT2D eigenvalue weighted by molar-refractivity contribution is 0.566. The molecule has 0 heterocycles. The van der Waals surface area contributed by atoms with Crippen LogP contribution in [0.1, 0.15) is 35.2 Å². The maximum Gasteiger partial charge on any atom is 0.241 e. The van der Waals surface area contributed by atoms with Gasteiger partial charge in [0.2, 0.25) is 10.0 Å². The van der Waals surface area contributed by atoms with Crippen molar-refractivity contribution in [2.45, 2.75) is 38.6 Å². The van der Waals surface area contributed by atoms with Crippen molar-refractivity contribution in [1.29, 1.82) is 0 Å². The van der Waals surface area contributed by atoms with Crippen molar-refractivity contribution in [2.75, 3.05) is 0 Å². The summed E-state index contributed by atoms with van der Waals surface area (Å²) in [5, 5.41) is 0. The van der Waals surface area contributed by atoms with Gasteiger partial charge in [0.1, 0.15) is 0 Å². The Labute approximate surface area is 127 Å². The van der Waals surface area contributed by atoms with Gasteiger partial charge in [-0.1, -0.05) is 41.5 Å². The summed E-state index contributed by atoms with van der Waals surface area (Å²) in [6.07, 6.45) is 0. The molecule has 0 unspecified atom stereocenters. The number of hydrogen-bond donors (Lipinski definition) is 1. The van der Waals surface area contributed by atoms with E-state index < -0.39 is 10.0 Å². The van der Waals surface area contributed by atoms with Crippen LogP contribution < -0.4 is 4.72 Å². The van der Waals surface area contributed by atoms with Gasteiger partial charge in [0, 0.05) is 6.04 Å². The van der Waals surface area contributed by atoms with E-state index >= 15 is 0 Å². The van der Waals surface area contributed by atoms with Crippen LogP contribution in [-0.4, -0.2) is 8.42 Å². The zero-order valence-electron chi connectivity index (χ0n) is 12.8. The van der Waals surface area contributed by atoms with Gasteiger partial charge < -0.3 is 0 Å². The molecule has 3 nitrogen and oxygen atoms in total. The van der Waals surface area contributed by atoms with Gasteiger partial charge in [-0.05, 0) is 51.0 Å². The van der Waals surface area contributed by atoms with E-state index in [2.05, 4.69) is 4.72 Å². The highest BCUT2D eigenvalue weighted by Gasteiger charge is 2.19. The van der Waals surface area contributed by atoms with Crippen molar-refractivity contribution in [2.24, 2.45) is 0 Å². The zero-order valence-corrected chi connectivity index (χ0v) is 13.7. The summed E-state index contributed by atoms with van der Waals surface area (Å²) in [5.41, 5.74) is 4.25. The maximum absolute atomic E-state index is 12.4. The number of hydrogen-bond acceptors (Lipinski definition) is 2. The third-order valence-electron chi connectivity index (χ3n) is 3.56. The fourth-order valence-electron chi connectivity index (χ4n) is 2.31. The summed E-state index contributed by atoms with van der Waals surface area (Å²) in [6.45, 7) is 7.80. The van der Waals surface area contributed by atoms with E-state index in [1.54, 1.807) is 24.3 Å². The Bertz CT molecular complexity index is 734. The molecule has 0 saturated carbocycles. The minimum absolute atomic E-state index is 0.267. The average molecular weight is 303 g/mol. The maximum atomic E-state index is 12.4. The van der Waals surface area contributed by atoms with Crippen LogP contribution in [0.5, 0.6) is 0 Å². The Kier molecular flexibility index (Phi) is 4.49. The second kappa shape index (κ2) is 6.00. The molecule has 0 radical (unpaired) electrons. The molecule has 1 atom stereocenters. The highest BCUT2D eigenvalue weighted by molar-refractivity contribution is 7.89. The van der Waals surface area contributed by atoms with Crippen LogP contribution in [0.3, 0.4) is 0 Å². The summed E-state index contributed by atoms with van der Waals surface area (Å²) in [7, 11) is -3.50. The molecule has 0 aromatic heterocycles. The molecule has 0 aliphatic carbocycles. The average Bonchev–Trinajstić information content (AvgIpc) is 2.41. The highest BCUT2D eigenvalue weighted by atomic mass is 32.2. The summed E-state index contributed by atoms with van der Waals surface area (Å²) < 4.78 is 27.6. The standard InChI is InChI=1S/C17H21NO2S/c1-12-6-9-16(10-7-12)21(19,20)18-15(4)17-11-13(2)5-8-14(17)3/h5-11,15,18H,1-4H3/t15-/m1/s1. The third kappa shape index (κ3) is 3.71. The predicted octanol–water partition coefficient (Wildman–Crippen LogP) is 3.65. The first-order chi connectivity index (χ1) is 9.79. The lowest BCUT2D eigenvalue weighted by Crippen LogP contribution is -2.27. The highest BCUT2D eigenvalue weighted by Crippen LogP contribution is 2.21. The van der Waals surface area contributed by atoms with E-state index in [1.165, 1.54) is 0 Å². The Morgan fingerprint density at radius 1 is 0.905 bits per heavy atom. The van der Waals surface area contributed by atoms with Gasteiger partial charge in [0.05, 0.1) is 4.90 Å². The first kappa shape index (κ1) is 15.7. The number of aryl methyl sites for hydroxylation is 3. The van der Waals surface area contributed by atoms with Crippen molar-refractivity contribution in [3.05, 3.63) is 64.7 Å². The molecular weight excluding hydrogens is 282 g/mol. The van der Waals surface area contributed by atoms with Crippen molar-refractivity contribution in [1.82, 2.24) is 4.72 Å². The molecule has 0 saturated heterocycles. The lowest BCUT2D eigenvalue weighted by Gasteiger charge is -2.17. The fraction of sp³-hybridized carbons (Fsp3) is 0.294. The van der Waals surface area contributed by atoms with Gasteiger partial charge in [-0.25, -0.2) is 13.1 Å². The molecule has 112 valence electrons. The van der Waals surface area contributed by atoms with E-state index in [9.17, 15) is 8.42 Å². The van der Waals surface area contributed by atoms with E-state index in [0.29, 0.717) is 4.90 Å². The van der Waals surface area contributed by atoms with Gasteiger partial charge in [-0.3, -0.25) is 0 Å². The van der Waals surface area contributed by atoms with Gasteiger partial charge in [0.15, 0.2) is 0 Å². The van der Waals surface area contributed by atoms with Crippen LogP contribution >= 0.6 is 0 Å². The molecule has 0 bridgehead atoms. The second-order valence-electron chi connectivity index (χ2n) is 5.52. The van der Waals surface area contributed by atoms with Crippen molar-refractivity contribution < 1.29 is 8.42 Å². The SMILES string of the molecule is Cc1ccc(S(=O)(=O)N[C@H](C)c2cc(C)ccc2C)cc1. The first-order valence-corrected chi connectivity index (χ1v) is 8.44. The van der Waals surface area contributed by atoms with Gasteiger partial charge >= 0.3 is 0 Å². The topological polar surface area (TPSA) is 46.2 Å². The van der Waals surface area contributed by atoms with Crippen LogP contribution in [0, 0.1) is 20.8 Å². The van der Waals surface area contributed by atoms with Crippen LogP contribution in [0.4, 0.5) is 0 Å². The Morgan fingerprint density at radius 3 is 2.10 bits per heavy atom. The Balaban J connectivity index is 2.27. The molecule has 4 heteroatoms. The quantitative estimate of drug-likeness (QED) is 0.937. The van der Waals surface area contributed by atoms with E-state index in [4.69, 9.17) is 0 Å². The summed E-state index contributed by atoms with van der Waals surface area (Å²) in [5.74, 6) is 0. The van der Waals surface area contributed by atoms with Crippen molar-refractivity contribution in [3.8, 4) is 0 Å². The zero-order chi connectivity index (χ0) is 15.6. The van der Waals surface area contributed by atoms with E-state index in [-0.39, 0.29) is 6.04 Å². The minimum Gasteiger partial charge on any atom is -0.207 e. The molecule has 21 heavy (non-hydrogen) atoms. The predicted molar refractivity (Wildman–Crippen MR) is 85.8 cm³/mol. The normalized spacial score (nSPS) is 13.1. The number of rotatable bonds is 4. The van der Waals surface area contributed by atoms with Crippen LogP contribution in [0.15, 0.2) is 47.4 Å². The molecule has 2 aromatic carbocycles. The van der Waals surface area contributed by atoms with Crippen LogP contribution in [0.25, 0.3) is 0 Å². The van der Waals surface area contributed by atoms with Gasteiger partial charge in [-0.15, -0.1) is 0 Å². The van der Waals surface area contributed by atoms with Gasteiger partial charge in [0.25, 0.3) is 0 Å². The monoisotopic (exact) mass is 303 g/mol. The summed E-state index contributed by atoms with van der Waals surface area (Å²) in [4.78, 5) is 0.297. The number of benzene rings is 2. The Morgan fingerprint density at radius 2 is 1.48 bits per heavy atom. The molecule has 0 spiro atoms. The van der Waals surface area contributed by atoms with Crippen LogP contribution in [-0.2, 0) is 10.0 Å². The molecule has 0 aliphatic rings. The number of nitrogens with one attached hydrogen (secondary N) is 1. The van der Waals surface area contributed by atoms with E-state index in [1.807, 2.05) is 45.9 Å². The van der Waals surface area contributed by atoms with E-state index in [0.717, 1.165) is 22.3 Å². The Hall–Kier alpha value is -1.65. The smallest absolute Gasteiger partial charge is 0.207 e. The molecule has 0 aliphatic heterocycles. The summed E-state index contributed by atoms with van der Waals surface area (Å²) in [6, 6.07) is 12.7. The first-order valence-electron chi connectivity index (χ1n) is 6.96. The second-order valence-corrected chi connectivity index (χ2v) is 7.23. The van der Waals surface area contributed by atoms with Gasteiger partial charge in [-0.2, -0.15) is 0 Å². The molecule has 0 fully saturated rings. The summed E-state index contributed by atoms with van der Waals surface area (Å²) >= 11 is 0. The largest absolute Gasteiger partial charge is 0.241 e. The molecule has 1 N–H and O–H groups in total. The van der Waals surface area contributed by atoms with Crippen molar-refractivity contribution >= 4 is 10.0 Å². The minimum atomic E-state index is -3.50. The molecule has 0 amide bonds. The van der Waals surface area contributed by atoms with Crippen LogP contribution in [0.2, 0.25) is 0 Å². The van der Waals surface area contributed by atoms with Crippen molar-refractivity contribution in [3.63, 3.8) is 0 Å².